The van der Waals surface area contributed by atoms with Crippen LogP contribution in [-0.2, 0) is 4.79 Å². The van der Waals surface area contributed by atoms with E-state index >= 15 is 0 Å². The lowest BCUT2D eigenvalue weighted by Gasteiger charge is -2.25. The van der Waals surface area contributed by atoms with Crippen LogP contribution in [0.4, 0.5) is 0 Å². The maximum atomic E-state index is 11.4. The molecule has 0 aliphatic carbocycles. The van der Waals surface area contributed by atoms with E-state index in [1.807, 2.05) is 31.2 Å². The van der Waals surface area contributed by atoms with Crippen LogP contribution in [0.5, 0.6) is 0 Å². The van der Waals surface area contributed by atoms with Gasteiger partial charge in [0.2, 0.25) is 0 Å². The van der Waals surface area contributed by atoms with E-state index in [-0.39, 0.29) is 0 Å². The second-order valence-corrected chi connectivity index (χ2v) is 5.62. The van der Waals surface area contributed by atoms with Gasteiger partial charge in [0.15, 0.2) is 0 Å². The Bertz CT molecular complexity index is 615. The van der Waals surface area contributed by atoms with Gasteiger partial charge in [-0.25, -0.2) is 9.97 Å². The van der Waals surface area contributed by atoms with Crippen molar-refractivity contribution in [3.8, 4) is 0 Å². The summed E-state index contributed by atoms with van der Waals surface area (Å²) in [6.07, 6.45) is 1.51. The standard InChI is InChI=1S/C14H17N3O2S/c1-3-17-14(2,13(18)19)8-20-12-10-6-4-5-7-11(10)15-9-16-12/h4-7,9,17H,3,8H2,1-2H3,(H,18,19). The Morgan fingerprint density at radius 3 is 2.85 bits per heavy atom. The smallest absolute Gasteiger partial charge is 0.324 e. The number of fused-ring (bicyclic) bond motifs is 1. The Kier molecular flexibility index (Phi) is 4.57. The van der Waals surface area contributed by atoms with Crippen LogP contribution in [0.2, 0.25) is 0 Å². The molecule has 1 aromatic carbocycles. The molecule has 0 saturated carbocycles. The molecule has 0 fully saturated rings. The number of aliphatic carboxylic acids is 1. The van der Waals surface area contributed by atoms with Crippen LogP contribution in [0.15, 0.2) is 35.6 Å². The molecule has 0 radical (unpaired) electrons. The summed E-state index contributed by atoms with van der Waals surface area (Å²) < 4.78 is 0. The van der Waals surface area contributed by atoms with Crippen LogP contribution in [-0.4, -0.2) is 38.9 Å². The van der Waals surface area contributed by atoms with Gasteiger partial charge >= 0.3 is 5.97 Å². The Balaban J connectivity index is 2.22. The van der Waals surface area contributed by atoms with Crippen LogP contribution in [0.25, 0.3) is 10.9 Å². The van der Waals surface area contributed by atoms with Crippen molar-refractivity contribution in [1.82, 2.24) is 15.3 Å². The third kappa shape index (κ3) is 3.08. The molecule has 1 atom stereocenters. The fourth-order valence-electron chi connectivity index (χ4n) is 1.89. The SMILES string of the molecule is CCNC(C)(CSc1ncnc2ccccc12)C(=O)O. The molecule has 0 amide bonds. The number of hydrogen-bond acceptors (Lipinski definition) is 5. The molecule has 0 saturated heterocycles. The minimum atomic E-state index is -0.967. The summed E-state index contributed by atoms with van der Waals surface area (Å²) in [6, 6.07) is 7.71. The molecule has 20 heavy (non-hydrogen) atoms. The van der Waals surface area contributed by atoms with E-state index in [2.05, 4.69) is 15.3 Å². The number of nitrogens with one attached hydrogen (secondary N) is 1. The quantitative estimate of drug-likeness (QED) is 0.627. The molecule has 0 aliphatic heterocycles. The Morgan fingerprint density at radius 1 is 1.40 bits per heavy atom. The fourth-order valence-corrected chi connectivity index (χ4v) is 2.99. The number of likely N-dealkylation sites (N-methyl/N-ethyl adjacent to an activating group) is 1. The van der Waals surface area contributed by atoms with Crippen LogP contribution in [0.3, 0.4) is 0 Å². The van der Waals surface area contributed by atoms with E-state index in [0.29, 0.717) is 12.3 Å². The van der Waals surface area contributed by atoms with Crippen molar-refractivity contribution < 1.29 is 9.90 Å². The number of para-hydroxylation sites is 1. The highest BCUT2D eigenvalue weighted by atomic mass is 32.2. The van der Waals surface area contributed by atoms with Gasteiger partial charge in [-0.1, -0.05) is 25.1 Å². The molecule has 1 unspecified atom stereocenters. The molecule has 106 valence electrons. The number of hydrogen-bond donors (Lipinski definition) is 2. The lowest BCUT2D eigenvalue weighted by molar-refractivity contribution is -0.143. The van der Waals surface area contributed by atoms with Crippen LogP contribution < -0.4 is 5.32 Å². The van der Waals surface area contributed by atoms with Gasteiger partial charge in [-0.05, 0) is 19.5 Å². The van der Waals surface area contributed by atoms with Crippen molar-refractivity contribution in [2.24, 2.45) is 0 Å². The first-order chi connectivity index (χ1) is 9.57. The molecular weight excluding hydrogens is 274 g/mol. The first kappa shape index (κ1) is 14.7. The van der Waals surface area contributed by atoms with Gasteiger partial charge < -0.3 is 10.4 Å². The molecule has 0 aliphatic rings. The third-order valence-electron chi connectivity index (χ3n) is 3.04. The number of benzene rings is 1. The molecule has 0 bridgehead atoms. The van der Waals surface area contributed by atoms with Gasteiger partial charge in [0.25, 0.3) is 0 Å². The lowest BCUT2D eigenvalue weighted by atomic mass is 10.1. The highest BCUT2D eigenvalue weighted by molar-refractivity contribution is 7.99. The van der Waals surface area contributed by atoms with E-state index in [0.717, 1.165) is 15.9 Å². The number of nitrogens with zero attached hydrogens (tertiary/aromatic N) is 2. The lowest BCUT2D eigenvalue weighted by Crippen LogP contribution is -2.51. The van der Waals surface area contributed by atoms with Gasteiger partial charge in [-0.2, -0.15) is 0 Å². The first-order valence-corrected chi connectivity index (χ1v) is 7.36. The number of carbonyl (C=O) groups is 1. The second-order valence-electron chi connectivity index (χ2n) is 4.65. The van der Waals surface area contributed by atoms with Gasteiger partial charge in [-0.3, -0.25) is 4.79 Å². The van der Waals surface area contributed by atoms with Crippen molar-refractivity contribution in [3.05, 3.63) is 30.6 Å². The summed E-state index contributed by atoms with van der Waals surface area (Å²) in [5.74, 6) is -0.456. The minimum Gasteiger partial charge on any atom is -0.480 e. The highest BCUT2D eigenvalue weighted by Gasteiger charge is 2.32. The Labute approximate surface area is 121 Å². The average Bonchev–Trinajstić information content (AvgIpc) is 2.45. The van der Waals surface area contributed by atoms with Gasteiger partial charge in [-0.15, -0.1) is 11.8 Å². The normalized spacial score (nSPS) is 14.1. The highest BCUT2D eigenvalue weighted by Crippen LogP contribution is 2.27. The van der Waals surface area contributed by atoms with Crippen molar-refractivity contribution in [1.29, 1.82) is 0 Å². The zero-order valence-corrected chi connectivity index (χ0v) is 12.3. The molecule has 0 spiro atoms. The van der Waals surface area contributed by atoms with Crippen LogP contribution in [0.1, 0.15) is 13.8 Å². The number of thioether (sulfide) groups is 1. The van der Waals surface area contributed by atoms with Crippen molar-refractivity contribution in [2.45, 2.75) is 24.4 Å². The minimum absolute atomic E-state index is 0.400. The summed E-state index contributed by atoms with van der Waals surface area (Å²) in [6.45, 7) is 4.19. The molecule has 2 aromatic rings. The number of aromatic nitrogens is 2. The molecule has 5 nitrogen and oxygen atoms in total. The molecule has 2 N–H and O–H groups in total. The average molecular weight is 291 g/mol. The zero-order valence-electron chi connectivity index (χ0n) is 11.5. The van der Waals surface area contributed by atoms with E-state index in [9.17, 15) is 9.90 Å². The monoisotopic (exact) mass is 291 g/mol. The maximum Gasteiger partial charge on any atom is 0.324 e. The Morgan fingerprint density at radius 2 is 2.15 bits per heavy atom. The number of rotatable bonds is 6. The van der Waals surface area contributed by atoms with Crippen molar-refractivity contribution in [3.63, 3.8) is 0 Å². The predicted molar refractivity (Wildman–Crippen MR) is 80.0 cm³/mol. The summed E-state index contributed by atoms with van der Waals surface area (Å²) in [7, 11) is 0. The van der Waals surface area contributed by atoms with E-state index in [1.54, 1.807) is 6.92 Å². The Hall–Kier alpha value is -1.66. The van der Waals surface area contributed by atoms with E-state index in [1.165, 1.54) is 18.1 Å². The number of carboxylic acids is 1. The van der Waals surface area contributed by atoms with Gasteiger partial charge in [0.05, 0.1) is 5.52 Å². The molecule has 1 heterocycles. The van der Waals surface area contributed by atoms with Crippen molar-refractivity contribution in [2.75, 3.05) is 12.3 Å². The summed E-state index contributed by atoms with van der Waals surface area (Å²) in [5, 5.41) is 14.1. The molecule has 2 rings (SSSR count). The summed E-state index contributed by atoms with van der Waals surface area (Å²) >= 11 is 1.43. The van der Waals surface area contributed by atoms with Gasteiger partial charge in [0, 0.05) is 11.1 Å². The van der Waals surface area contributed by atoms with Crippen molar-refractivity contribution >= 4 is 28.6 Å². The summed E-state index contributed by atoms with van der Waals surface area (Å²) in [4.78, 5) is 19.8. The first-order valence-electron chi connectivity index (χ1n) is 6.38. The second kappa shape index (κ2) is 6.19. The maximum absolute atomic E-state index is 11.4. The fraction of sp³-hybridized carbons (Fsp3) is 0.357. The van der Waals surface area contributed by atoms with E-state index in [4.69, 9.17) is 0 Å². The predicted octanol–water partition coefficient (Wildman–Crippen LogP) is 2.17. The number of carboxylic acid groups (broad SMARTS) is 1. The zero-order chi connectivity index (χ0) is 14.6. The molecule has 1 aromatic heterocycles. The summed E-state index contributed by atoms with van der Waals surface area (Å²) in [5.41, 5.74) is -0.101. The van der Waals surface area contributed by atoms with Crippen LogP contribution >= 0.6 is 11.8 Å². The topological polar surface area (TPSA) is 75.1 Å². The molecular formula is C14H17N3O2S. The van der Waals surface area contributed by atoms with Crippen LogP contribution in [0, 0.1) is 0 Å². The van der Waals surface area contributed by atoms with Gasteiger partial charge in [0.1, 0.15) is 16.9 Å². The molecule has 6 heteroatoms. The largest absolute Gasteiger partial charge is 0.480 e. The van der Waals surface area contributed by atoms with E-state index < -0.39 is 11.5 Å². The third-order valence-corrected chi connectivity index (χ3v) is 4.36.